The van der Waals surface area contributed by atoms with E-state index in [0.717, 1.165) is 92.8 Å². The van der Waals surface area contributed by atoms with Crippen LogP contribution in [0.5, 0.6) is 0 Å². The van der Waals surface area contributed by atoms with Crippen LogP contribution in [0.25, 0.3) is 34.4 Å². The van der Waals surface area contributed by atoms with Crippen LogP contribution in [0, 0.1) is 11.6 Å². The number of nitrogens with two attached hydrogens (primary N) is 1. The number of anilines is 4. The molecule has 10 rings (SSSR count). The van der Waals surface area contributed by atoms with Crippen LogP contribution >= 0.6 is 23.2 Å². The SMILES string of the molecule is CC(=O)Nc1cc(Cl)c(-c2cccc(N)c2)cc1/C=C/C(=O)N1C2CCC1CN(Cc1ccc(F)cc1)C2.CC(=O)Nc1cccc(-c2cc(/C=C/C(=O)N3C4CCC3CN(Cc3ccc(F)cc3)C4)c(NC(C)=O)cc2Cl)c1. The minimum Gasteiger partial charge on any atom is -0.399 e. The number of hydrogen-bond donors (Lipinski definition) is 4. The molecule has 0 aliphatic carbocycles. The van der Waals surface area contributed by atoms with E-state index in [9.17, 15) is 32.8 Å². The minimum absolute atomic E-state index is 0.0480. The first-order chi connectivity index (χ1) is 37.9. The van der Waals surface area contributed by atoms with Gasteiger partial charge in [0.1, 0.15) is 11.6 Å². The Kier molecular flexibility index (Phi) is 17.7. The van der Waals surface area contributed by atoms with Crippen LogP contribution < -0.4 is 21.7 Å². The number of amides is 5. The van der Waals surface area contributed by atoms with Crippen molar-refractivity contribution in [2.45, 2.75) is 83.7 Å². The number of benzene rings is 6. The predicted molar refractivity (Wildman–Crippen MR) is 310 cm³/mol. The number of likely N-dealkylation sites (tertiary alicyclic amines) is 2. The molecule has 4 bridgehead atoms. The Morgan fingerprint density at radius 2 is 0.924 bits per heavy atom. The average molecular weight is 1110 g/mol. The number of piperazine rings is 2. The molecule has 5 amide bonds. The fourth-order valence-electron chi connectivity index (χ4n) is 11.3. The van der Waals surface area contributed by atoms with Gasteiger partial charge in [0.15, 0.2) is 0 Å². The summed E-state index contributed by atoms with van der Waals surface area (Å²) in [5.74, 6) is -1.26. The van der Waals surface area contributed by atoms with Crippen molar-refractivity contribution >= 4 is 87.6 Å². The largest absolute Gasteiger partial charge is 0.399 e. The van der Waals surface area contributed by atoms with Gasteiger partial charge in [-0.2, -0.15) is 0 Å². The lowest BCUT2D eigenvalue weighted by Gasteiger charge is -2.40. The van der Waals surface area contributed by atoms with E-state index < -0.39 is 0 Å². The fraction of sp³-hybridized carbons (Fsp3) is 0.274. The Morgan fingerprint density at radius 1 is 0.532 bits per heavy atom. The van der Waals surface area contributed by atoms with E-state index in [2.05, 4.69) is 25.8 Å². The number of halogens is 4. The topological polar surface area (TPSA) is 160 Å². The zero-order chi connectivity index (χ0) is 55.9. The first kappa shape index (κ1) is 56.0. The normalized spacial score (nSPS) is 18.8. The van der Waals surface area contributed by atoms with Crippen molar-refractivity contribution < 1.29 is 32.8 Å². The highest BCUT2D eigenvalue weighted by Crippen LogP contribution is 2.38. The number of nitrogen functional groups attached to an aromatic ring is 1. The molecule has 17 heteroatoms. The van der Waals surface area contributed by atoms with Crippen LogP contribution in [0.15, 0.2) is 133 Å². The number of rotatable bonds is 13. The second kappa shape index (κ2) is 25.0. The van der Waals surface area contributed by atoms with Gasteiger partial charge in [0.25, 0.3) is 0 Å². The van der Waals surface area contributed by atoms with Crippen LogP contribution in [0.1, 0.15) is 68.7 Å². The second-order valence-corrected chi connectivity index (χ2v) is 21.5. The zero-order valence-corrected chi connectivity index (χ0v) is 45.7. The quantitative estimate of drug-likeness (QED) is 0.0657. The molecule has 0 saturated carbocycles. The fourth-order valence-corrected chi connectivity index (χ4v) is 11.9. The predicted octanol–water partition coefficient (Wildman–Crippen LogP) is 11.5. The third-order valence-corrected chi connectivity index (χ3v) is 15.3. The summed E-state index contributed by atoms with van der Waals surface area (Å²) in [4.78, 5) is 70.8. The van der Waals surface area contributed by atoms with Crippen molar-refractivity contribution in [2.75, 3.05) is 47.9 Å². The van der Waals surface area contributed by atoms with Gasteiger partial charge in [-0.25, -0.2) is 8.78 Å². The number of nitrogens with one attached hydrogen (secondary N) is 3. The Balaban J connectivity index is 0.000000192. The van der Waals surface area contributed by atoms with Gasteiger partial charge in [-0.3, -0.25) is 33.8 Å². The molecule has 4 saturated heterocycles. The number of fused-ring (bicyclic) bond motifs is 4. The summed E-state index contributed by atoms with van der Waals surface area (Å²) in [7, 11) is 0. The average Bonchev–Trinajstić information content (AvgIpc) is 4.05. The molecular weight excluding hydrogens is 1050 g/mol. The van der Waals surface area contributed by atoms with Gasteiger partial charge < -0.3 is 31.5 Å². The van der Waals surface area contributed by atoms with E-state index in [-0.39, 0.29) is 65.3 Å². The molecule has 4 heterocycles. The van der Waals surface area contributed by atoms with E-state index in [0.29, 0.717) is 49.5 Å². The summed E-state index contributed by atoms with van der Waals surface area (Å²) >= 11 is 13.2. The molecule has 4 aliphatic heterocycles. The van der Waals surface area contributed by atoms with Crippen LogP contribution in [0.2, 0.25) is 10.0 Å². The van der Waals surface area contributed by atoms with Gasteiger partial charge >= 0.3 is 0 Å². The Morgan fingerprint density at radius 3 is 1.32 bits per heavy atom. The van der Waals surface area contributed by atoms with Gasteiger partial charge in [-0.05, 0) is 144 Å². The van der Waals surface area contributed by atoms with E-state index in [4.69, 9.17) is 28.9 Å². The molecule has 4 aliphatic rings. The summed E-state index contributed by atoms with van der Waals surface area (Å²) in [6.45, 7) is 8.85. The number of carbonyl (C=O) groups excluding carboxylic acids is 5. The molecule has 0 aromatic heterocycles. The van der Waals surface area contributed by atoms with Crippen molar-refractivity contribution in [1.29, 1.82) is 0 Å². The highest BCUT2D eigenvalue weighted by molar-refractivity contribution is 6.34. The standard InChI is InChI=1S/C32H32ClFN4O3.C30H30ClFN4O2/c1-20(39)35-26-5-3-4-23(14-26)29-15-24(31(16-30(29)33)36-21(2)40)8-13-32(41)38-27-11-12-28(38)19-37(18-27)17-22-6-9-25(34)10-7-22;1-19(37)34-29-15-28(31)27(21-3-2-4-24(33)13-21)14-22(29)7-12-30(38)36-25-10-11-26(36)18-35(17-25)16-20-5-8-23(32)9-6-20/h3-10,13-16,27-28H,11-12,17-19H2,1-2H3,(H,35,39)(H,36,40);2-9,12-15,25-26H,10-11,16-18,33H2,1H3,(H,34,37)/b13-8+;12-7+. The third-order valence-electron chi connectivity index (χ3n) is 14.7. The van der Waals surface area contributed by atoms with Crippen molar-refractivity contribution in [3.63, 3.8) is 0 Å². The molecule has 79 heavy (non-hydrogen) atoms. The van der Waals surface area contributed by atoms with Gasteiger partial charge in [0.05, 0.1) is 10.0 Å². The van der Waals surface area contributed by atoms with E-state index >= 15 is 0 Å². The summed E-state index contributed by atoms with van der Waals surface area (Å²) in [5.41, 5.74) is 14.8. The smallest absolute Gasteiger partial charge is 0.247 e. The summed E-state index contributed by atoms with van der Waals surface area (Å²) in [6, 6.07) is 35.4. The lowest BCUT2D eigenvalue weighted by atomic mass is 10.0. The Bertz CT molecular complexity index is 3310. The summed E-state index contributed by atoms with van der Waals surface area (Å²) in [5, 5.41) is 9.29. The van der Waals surface area contributed by atoms with Crippen molar-refractivity contribution in [2.24, 2.45) is 0 Å². The number of nitrogens with zero attached hydrogens (tertiary/aromatic N) is 4. The monoisotopic (exact) mass is 1110 g/mol. The van der Waals surface area contributed by atoms with Crippen LogP contribution in [0.4, 0.5) is 31.5 Å². The first-order valence-electron chi connectivity index (χ1n) is 26.3. The highest BCUT2D eigenvalue weighted by Gasteiger charge is 2.43. The summed E-state index contributed by atoms with van der Waals surface area (Å²) < 4.78 is 26.6. The molecule has 5 N–H and O–H groups in total. The number of carbonyl (C=O) groups is 5. The zero-order valence-electron chi connectivity index (χ0n) is 44.2. The van der Waals surface area contributed by atoms with Gasteiger partial charge in [0, 0.05) is 130 Å². The van der Waals surface area contributed by atoms with Crippen LogP contribution in [0.3, 0.4) is 0 Å². The second-order valence-electron chi connectivity index (χ2n) is 20.7. The maximum absolute atomic E-state index is 13.5. The Labute approximate surface area is 469 Å². The van der Waals surface area contributed by atoms with Gasteiger partial charge in [-0.15, -0.1) is 0 Å². The maximum Gasteiger partial charge on any atom is 0.247 e. The maximum atomic E-state index is 13.5. The van der Waals surface area contributed by atoms with Crippen molar-refractivity contribution in [1.82, 2.24) is 19.6 Å². The minimum atomic E-state index is -0.252. The van der Waals surface area contributed by atoms with E-state index in [1.54, 1.807) is 60.7 Å². The molecule has 408 valence electrons. The summed E-state index contributed by atoms with van der Waals surface area (Å²) in [6.07, 6.45) is 10.4. The van der Waals surface area contributed by atoms with Crippen LogP contribution in [-0.2, 0) is 37.1 Å². The molecule has 0 spiro atoms. The van der Waals surface area contributed by atoms with E-state index in [1.807, 2.05) is 70.5 Å². The van der Waals surface area contributed by atoms with Crippen molar-refractivity contribution in [3.05, 3.63) is 177 Å². The first-order valence-corrected chi connectivity index (χ1v) is 27.1. The van der Waals surface area contributed by atoms with Gasteiger partial charge in [0.2, 0.25) is 29.5 Å². The Hall–Kier alpha value is -7.69. The molecule has 0 radical (unpaired) electrons. The molecule has 6 aromatic rings. The third kappa shape index (κ3) is 14.1. The van der Waals surface area contributed by atoms with Gasteiger partial charge in [-0.1, -0.05) is 71.7 Å². The van der Waals surface area contributed by atoms with Crippen LogP contribution in [-0.4, -0.2) is 99.5 Å². The molecule has 4 fully saturated rings. The molecule has 6 aromatic carbocycles. The molecule has 4 atom stereocenters. The molecule has 13 nitrogen and oxygen atoms in total. The lowest BCUT2D eigenvalue weighted by Crippen LogP contribution is -2.55. The van der Waals surface area contributed by atoms with E-state index in [1.165, 1.54) is 45.0 Å². The molecular formula is C62H62Cl2F2N8O5. The number of hydrogen-bond acceptors (Lipinski definition) is 8. The highest BCUT2D eigenvalue weighted by atomic mass is 35.5. The van der Waals surface area contributed by atoms with Crippen molar-refractivity contribution in [3.8, 4) is 22.3 Å². The molecule has 4 unspecified atom stereocenters. The lowest BCUT2D eigenvalue weighted by molar-refractivity contribution is -0.132.